The second-order valence-electron chi connectivity index (χ2n) is 8.26. The van der Waals surface area contributed by atoms with Crippen LogP contribution in [0.4, 0.5) is 8.78 Å². The molecule has 0 aliphatic rings. The van der Waals surface area contributed by atoms with E-state index in [4.69, 9.17) is 37.7 Å². The number of carboxylic acids is 2. The number of amidine groups is 1. The molecule has 6 N–H and O–H groups in total. The number of carbonyl (C=O) groups is 5. The third kappa shape index (κ3) is 11.2. The number of halogens is 3. The largest absolute Gasteiger partial charge is 0.481 e. The van der Waals surface area contributed by atoms with E-state index in [0.29, 0.717) is 17.4 Å². The summed E-state index contributed by atoms with van der Waals surface area (Å²) < 4.78 is 28.3. The van der Waals surface area contributed by atoms with Crippen LogP contribution in [0.15, 0.2) is 30.3 Å². The van der Waals surface area contributed by atoms with Crippen LogP contribution in [0.25, 0.3) is 0 Å². The fourth-order valence-corrected chi connectivity index (χ4v) is 3.81. The number of amides is 1. The smallest absolute Gasteiger partial charge is 0.353 e. The van der Waals surface area contributed by atoms with Crippen molar-refractivity contribution in [3.05, 3.63) is 50.7 Å². The summed E-state index contributed by atoms with van der Waals surface area (Å²) in [6, 6.07) is 5.95. The topological polar surface area (TPSA) is 197 Å². The monoisotopic (exact) mass is 589 g/mol. The van der Waals surface area contributed by atoms with E-state index in [1.165, 1.54) is 24.3 Å². The molecule has 39 heavy (non-hydrogen) atoms. The molecule has 2 aromatic rings. The Morgan fingerprint density at radius 3 is 2.23 bits per heavy atom. The van der Waals surface area contributed by atoms with Crippen LogP contribution in [0.5, 0.6) is 5.75 Å². The fraction of sp³-hybridized carbons (Fsp3) is 0.333. The van der Waals surface area contributed by atoms with Gasteiger partial charge >= 0.3 is 23.8 Å². The molecule has 2 atom stereocenters. The van der Waals surface area contributed by atoms with Crippen molar-refractivity contribution in [3.8, 4) is 5.75 Å². The highest BCUT2D eigenvalue weighted by Gasteiger charge is 2.27. The third-order valence-corrected chi connectivity index (χ3v) is 6.26. The maximum atomic E-state index is 12.4. The highest BCUT2D eigenvalue weighted by Crippen LogP contribution is 2.28. The van der Waals surface area contributed by atoms with Crippen LogP contribution in [0, 0.1) is 11.3 Å². The molecule has 0 saturated carbocycles. The molecule has 0 aliphatic carbocycles. The Labute approximate surface area is 230 Å². The van der Waals surface area contributed by atoms with Gasteiger partial charge in [-0.15, -0.1) is 11.3 Å². The van der Waals surface area contributed by atoms with Gasteiger partial charge in [0.1, 0.15) is 22.5 Å². The molecule has 1 aromatic carbocycles. The van der Waals surface area contributed by atoms with Gasteiger partial charge < -0.3 is 26.0 Å². The van der Waals surface area contributed by atoms with E-state index in [2.05, 4.69) is 5.32 Å². The Bertz CT molecular complexity index is 1260. The number of Topliss-reactive ketones (excluding diaryl/α,β-unsaturated/α-hetero) is 1. The molecule has 1 unspecified atom stereocenters. The molecule has 0 saturated heterocycles. The van der Waals surface area contributed by atoms with Crippen LogP contribution < -0.4 is 15.8 Å². The van der Waals surface area contributed by atoms with E-state index in [1.807, 2.05) is 0 Å². The maximum Gasteiger partial charge on any atom is 0.353 e. The molecule has 1 aromatic heterocycles. The molecule has 0 bridgehead atoms. The number of ketones is 1. The predicted molar refractivity (Wildman–Crippen MR) is 138 cm³/mol. The van der Waals surface area contributed by atoms with Gasteiger partial charge in [-0.3, -0.25) is 19.8 Å². The van der Waals surface area contributed by atoms with Crippen LogP contribution in [-0.2, 0) is 25.6 Å². The number of rotatable bonds is 11. The van der Waals surface area contributed by atoms with Gasteiger partial charge in [-0.2, -0.15) is 8.78 Å². The number of carboxylic acid groups (broad SMARTS) is 2. The Balaban J connectivity index is 0.000000956. The fourth-order valence-electron chi connectivity index (χ4n) is 2.58. The van der Waals surface area contributed by atoms with Gasteiger partial charge in [0.05, 0.1) is 11.4 Å². The molecule has 0 fully saturated rings. The first-order chi connectivity index (χ1) is 17.9. The molecular formula is C24H26ClF2N3O8S. The summed E-state index contributed by atoms with van der Waals surface area (Å²) in [6.07, 6.45) is -0.532. The molecule has 212 valence electrons. The number of aliphatic carboxylic acids is 2. The molecule has 0 spiro atoms. The van der Waals surface area contributed by atoms with Crippen LogP contribution in [0.1, 0.15) is 47.3 Å². The van der Waals surface area contributed by atoms with Crippen molar-refractivity contribution in [1.82, 2.24) is 5.32 Å². The summed E-state index contributed by atoms with van der Waals surface area (Å²) >= 11 is 7.15. The average Bonchev–Trinajstić information content (AvgIpc) is 3.27. The van der Waals surface area contributed by atoms with Crippen molar-refractivity contribution in [3.63, 3.8) is 0 Å². The Morgan fingerprint density at radius 2 is 1.77 bits per heavy atom. The first-order valence-electron chi connectivity index (χ1n) is 11.0. The third-order valence-electron chi connectivity index (χ3n) is 4.87. The van der Waals surface area contributed by atoms with Crippen molar-refractivity contribution >= 4 is 58.4 Å². The molecule has 2 rings (SSSR count). The quantitative estimate of drug-likeness (QED) is 0.113. The summed E-state index contributed by atoms with van der Waals surface area (Å²) in [4.78, 5) is 57.1. The predicted octanol–water partition coefficient (Wildman–Crippen LogP) is 3.36. The number of nitrogens with two attached hydrogens (primary N) is 1. The van der Waals surface area contributed by atoms with E-state index in [9.17, 15) is 32.8 Å². The second kappa shape index (κ2) is 14.3. The van der Waals surface area contributed by atoms with Crippen molar-refractivity contribution in [1.29, 1.82) is 5.41 Å². The summed E-state index contributed by atoms with van der Waals surface area (Å²) in [5.74, 6) is -9.04. The second-order valence-corrected chi connectivity index (χ2v) is 9.84. The van der Waals surface area contributed by atoms with E-state index >= 15 is 0 Å². The molecule has 15 heteroatoms. The molecule has 11 nitrogen and oxygen atoms in total. The number of hydrogen-bond acceptors (Lipinski definition) is 8. The van der Waals surface area contributed by atoms with Crippen LogP contribution in [0.3, 0.4) is 0 Å². The van der Waals surface area contributed by atoms with E-state index in [1.54, 1.807) is 13.0 Å². The van der Waals surface area contributed by atoms with Gasteiger partial charge in [0.15, 0.2) is 5.78 Å². The van der Waals surface area contributed by atoms with Crippen molar-refractivity contribution < 1.29 is 47.7 Å². The van der Waals surface area contributed by atoms with Gasteiger partial charge in [-0.1, -0.05) is 18.5 Å². The van der Waals surface area contributed by atoms with E-state index in [0.717, 1.165) is 18.3 Å². The van der Waals surface area contributed by atoms with Crippen molar-refractivity contribution in [2.24, 2.45) is 11.7 Å². The molecular weight excluding hydrogens is 564 g/mol. The molecule has 1 amide bonds. The Hall–Kier alpha value is -3.91. The molecule has 0 radical (unpaired) electrons. The number of benzene rings is 1. The number of nitrogen functional groups attached to an aromatic ring is 1. The standard InChI is InChI=1S/C20H20ClN3O7S.C4H6F2O/c1-9(18(27)24-13(19(28)29)8-16(25)26)6-11-3-5-15(32-11)20(30)31-14-4-2-10(17(22)23)7-12(14)21;1-3(7)4(2,5)6/h2-5,7,9,13H,6,8H2,1H3,(H3,22,23)(H,24,27)(H,25,26)(H,28,29);1-2H3/t9?,13-;/m0./s1. The highest BCUT2D eigenvalue weighted by atomic mass is 35.5. The Kier molecular flexibility index (Phi) is 12.1. The number of hydrogen-bond donors (Lipinski definition) is 5. The Morgan fingerprint density at radius 1 is 1.18 bits per heavy atom. The maximum absolute atomic E-state index is 12.4. The van der Waals surface area contributed by atoms with Crippen LogP contribution >= 0.6 is 22.9 Å². The minimum absolute atomic E-state index is 0.0995. The lowest BCUT2D eigenvalue weighted by molar-refractivity contribution is -0.147. The highest BCUT2D eigenvalue weighted by molar-refractivity contribution is 7.13. The lowest BCUT2D eigenvalue weighted by Crippen LogP contribution is -2.44. The zero-order chi connectivity index (χ0) is 30.1. The first kappa shape index (κ1) is 33.1. The molecule has 1 heterocycles. The zero-order valence-corrected chi connectivity index (χ0v) is 22.5. The number of ether oxygens (including phenoxy) is 1. The van der Waals surface area contributed by atoms with Gasteiger partial charge in [-0.05, 0) is 36.8 Å². The van der Waals surface area contributed by atoms with Crippen molar-refractivity contribution in [2.45, 2.75) is 45.6 Å². The zero-order valence-electron chi connectivity index (χ0n) is 20.9. The number of thiophene rings is 1. The lowest BCUT2D eigenvalue weighted by atomic mass is 10.0. The number of alkyl halides is 2. The number of esters is 1. The van der Waals surface area contributed by atoms with Crippen LogP contribution in [0.2, 0.25) is 5.02 Å². The summed E-state index contributed by atoms with van der Waals surface area (Å²) in [5, 5.41) is 27.5. The lowest BCUT2D eigenvalue weighted by Gasteiger charge is -2.16. The van der Waals surface area contributed by atoms with Crippen LogP contribution in [-0.4, -0.2) is 57.6 Å². The summed E-state index contributed by atoms with van der Waals surface area (Å²) in [6.45, 7) is 3.00. The van der Waals surface area contributed by atoms with Gasteiger partial charge in [0.25, 0.3) is 0 Å². The van der Waals surface area contributed by atoms with E-state index in [-0.39, 0.29) is 27.9 Å². The van der Waals surface area contributed by atoms with Crippen molar-refractivity contribution in [2.75, 3.05) is 0 Å². The number of nitrogens with one attached hydrogen (secondary N) is 2. The SMILES string of the molecule is CC(=O)C(C)(F)F.CC(Cc1ccc(C(=O)Oc2ccc(C(=N)N)cc2Cl)s1)C(=O)N[C@@H](CC(=O)O)C(=O)O. The average molecular weight is 590 g/mol. The minimum atomic E-state index is -3.14. The van der Waals surface area contributed by atoms with Gasteiger partial charge in [0.2, 0.25) is 5.91 Å². The number of carbonyl (C=O) groups excluding carboxylic acids is 3. The normalized spacial score (nSPS) is 12.3. The van der Waals surface area contributed by atoms with E-state index < -0.39 is 53.9 Å². The molecule has 0 aliphatic heterocycles. The minimum Gasteiger partial charge on any atom is -0.481 e. The van der Waals surface area contributed by atoms with Gasteiger partial charge in [-0.25, -0.2) is 9.59 Å². The first-order valence-corrected chi connectivity index (χ1v) is 12.2. The summed E-state index contributed by atoms with van der Waals surface area (Å²) in [7, 11) is 0. The van der Waals surface area contributed by atoms with Gasteiger partial charge in [0, 0.05) is 30.2 Å². The summed E-state index contributed by atoms with van der Waals surface area (Å²) in [5.41, 5.74) is 5.77.